The van der Waals surface area contributed by atoms with Crippen molar-refractivity contribution in [3.63, 3.8) is 0 Å². The number of nitrogens with zero attached hydrogens (tertiary/aromatic N) is 4. The Bertz CT molecular complexity index is 510. The van der Waals surface area contributed by atoms with Crippen LogP contribution in [0, 0.1) is 0 Å². The van der Waals surface area contributed by atoms with Crippen molar-refractivity contribution in [3.8, 4) is 0 Å². The number of amides is 1. The Morgan fingerprint density at radius 2 is 1.80 bits per heavy atom. The van der Waals surface area contributed by atoms with Gasteiger partial charge in [0, 0.05) is 26.5 Å². The number of hydrogen-bond donors (Lipinski definition) is 0. The van der Waals surface area contributed by atoms with E-state index in [2.05, 4.69) is 15.0 Å². The molecule has 0 aliphatic carbocycles. The minimum Gasteiger partial charge on any atom is -0.343 e. The first-order valence-electron chi connectivity index (χ1n) is 4.47. The summed E-state index contributed by atoms with van der Waals surface area (Å²) in [6.07, 6.45) is 4.74. The van der Waals surface area contributed by atoms with Crippen molar-refractivity contribution in [2.75, 3.05) is 14.1 Å². The van der Waals surface area contributed by atoms with Gasteiger partial charge < -0.3 is 4.90 Å². The molecule has 2 aromatic heterocycles. The molecule has 15 heavy (non-hydrogen) atoms. The first-order valence-corrected chi connectivity index (χ1v) is 4.47. The van der Waals surface area contributed by atoms with Crippen LogP contribution in [0.4, 0.5) is 0 Å². The lowest BCUT2D eigenvalue weighted by atomic mass is 10.3. The highest BCUT2D eigenvalue weighted by Crippen LogP contribution is 2.08. The molecule has 0 bridgehead atoms. The van der Waals surface area contributed by atoms with Crippen LogP contribution in [0.15, 0.2) is 24.7 Å². The van der Waals surface area contributed by atoms with Crippen LogP contribution in [0.1, 0.15) is 10.5 Å². The van der Waals surface area contributed by atoms with Crippen LogP contribution < -0.4 is 0 Å². The average Bonchev–Trinajstić information content (AvgIpc) is 2.27. The van der Waals surface area contributed by atoms with E-state index in [1.165, 1.54) is 4.90 Å². The molecule has 0 radical (unpaired) electrons. The summed E-state index contributed by atoms with van der Waals surface area (Å²) in [5, 5.41) is 0. The van der Waals surface area contributed by atoms with Crippen molar-refractivity contribution in [1.29, 1.82) is 0 Å². The third-order valence-electron chi connectivity index (χ3n) is 1.98. The van der Waals surface area contributed by atoms with Crippen molar-refractivity contribution in [3.05, 3.63) is 30.4 Å². The molecule has 0 aliphatic heterocycles. The summed E-state index contributed by atoms with van der Waals surface area (Å²) in [6, 6.07) is 1.64. The zero-order valence-electron chi connectivity index (χ0n) is 8.51. The summed E-state index contributed by atoms with van der Waals surface area (Å²) in [5.74, 6) is -0.137. The van der Waals surface area contributed by atoms with Crippen LogP contribution >= 0.6 is 0 Å². The van der Waals surface area contributed by atoms with Crippen LogP contribution in [-0.4, -0.2) is 39.9 Å². The second-order valence-electron chi connectivity index (χ2n) is 3.31. The van der Waals surface area contributed by atoms with Gasteiger partial charge in [-0.15, -0.1) is 0 Å². The van der Waals surface area contributed by atoms with Crippen LogP contribution in [-0.2, 0) is 0 Å². The highest BCUT2D eigenvalue weighted by molar-refractivity contribution is 5.94. The summed E-state index contributed by atoms with van der Waals surface area (Å²) in [6.45, 7) is 0. The fourth-order valence-corrected chi connectivity index (χ4v) is 1.21. The molecule has 5 heteroatoms. The van der Waals surface area contributed by atoms with E-state index in [0.29, 0.717) is 16.7 Å². The molecule has 76 valence electrons. The van der Waals surface area contributed by atoms with Gasteiger partial charge in [-0.25, -0.2) is 4.98 Å². The zero-order chi connectivity index (χ0) is 10.8. The van der Waals surface area contributed by atoms with E-state index in [1.807, 2.05) is 0 Å². The van der Waals surface area contributed by atoms with E-state index in [4.69, 9.17) is 0 Å². The molecule has 2 heterocycles. The molecule has 0 N–H and O–H groups in total. The Morgan fingerprint density at radius 1 is 1.13 bits per heavy atom. The number of rotatable bonds is 1. The minimum absolute atomic E-state index is 0.137. The van der Waals surface area contributed by atoms with E-state index in [9.17, 15) is 4.79 Å². The Labute approximate surface area is 86.8 Å². The Hall–Kier alpha value is -2.04. The summed E-state index contributed by atoms with van der Waals surface area (Å²) in [7, 11) is 3.37. The van der Waals surface area contributed by atoms with E-state index in [0.717, 1.165) is 0 Å². The van der Waals surface area contributed by atoms with Gasteiger partial charge in [-0.2, -0.15) is 0 Å². The van der Waals surface area contributed by atoms with Gasteiger partial charge >= 0.3 is 0 Å². The lowest BCUT2D eigenvalue weighted by Crippen LogP contribution is -2.22. The number of pyridine rings is 1. The summed E-state index contributed by atoms with van der Waals surface area (Å²) in [4.78, 5) is 25.3. The monoisotopic (exact) mass is 202 g/mol. The van der Waals surface area contributed by atoms with Gasteiger partial charge in [0.2, 0.25) is 0 Å². The molecule has 0 saturated carbocycles. The van der Waals surface area contributed by atoms with Crippen molar-refractivity contribution < 1.29 is 4.79 Å². The maximum absolute atomic E-state index is 11.6. The van der Waals surface area contributed by atoms with Crippen molar-refractivity contribution in [1.82, 2.24) is 19.9 Å². The molecule has 2 aromatic rings. The summed E-state index contributed by atoms with van der Waals surface area (Å²) < 4.78 is 0. The Balaban J connectivity index is 2.52. The highest BCUT2D eigenvalue weighted by atomic mass is 16.2. The van der Waals surface area contributed by atoms with Crippen LogP contribution in [0.5, 0.6) is 0 Å². The fraction of sp³-hybridized carbons (Fsp3) is 0.200. The molecule has 0 aliphatic rings. The van der Waals surface area contributed by atoms with E-state index >= 15 is 0 Å². The van der Waals surface area contributed by atoms with Crippen molar-refractivity contribution in [2.45, 2.75) is 0 Å². The first-order chi connectivity index (χ1) is 7.18. The van der Waals surface area contributed by atoms with Crippen LogP contribution in [0.25, 0.3) is 11.0 Å². The summed E-state index contributed by atoms with van der Waals surface area (Å²) in [5.41, 5.74) is 1.75. The van der Waals surface area contributed by atoms with Gasteiger partial charge in [-0.05, 0) is 6.07 Å². The standard InChI is InChI=1S/C10H10N4O/c1-14(2)10(15)8-5-7-9(6-13-8)12-4-3-11-7/h3-6H,1-2H3. The molecule has 0 aromatic carbocycles. The maximum atomic E-state index is 11.6. The predicted octanol–water partition coefficient (Wildman–Crippen LogP) is 0.727. The van der Waals surface area contributed by atoms with Gasteiger partial charge in [0.05, 0.1) is 11.7 Å². The molecular formula is C10H10N4O. The quantitative estimate of drug-likeness (QED) is 0.684. The molecule has 5 nitrogen and oxygen atoms in total. The first kappa shape index (κ1) is 9.51. The molecule has 0 fully saturated rings. The Morgan fingerprint density at radius 3 is 2.47 bits per heavy atom. The molecule has 0 saturated heterocycles. The van der Waals surface area contributed by atoms with E-state index in [-0.39, 0.29) is 5.91 Å². The Kier molecular flexibility index (Phi) is 2.29. The summed E-state index contributed by atoms with van der Waals surface area (Å²) >= 11 is 0. The number of fused-ring (bicyclic) bond motifs is 1. The molecular weight excluding hydrogens is 192 g/mol. The second kappa shape index (κ2) is 3.61. The number of aromatic nitrogens is 3. The number of hydrogen-bond acceptors (Lipinski definition) is 4. The molecule has 0 unspecified atom stereocenters. The number of carbonyl (C=O) groups excluding carboxylic acids is 1. The van der Waals surface area contributed by atoms with Crippen molar-refractivity contribution in [2.24, 2.45) is 0 Å². The van der Waals surface area contributed by atoms with Gasteiger partial charge in [-0.3, -0.25) is 14.8 Å². The minimum atomic E-state index is -0.137. The van der Waals surface area contributed by atoms with Gasteiger partial charge in [0.15, 0.2) is 0 Å². The molecule has 2 rings (SSSR count). The van der Waals surface area contributed by atoms with Crippen molar-refractivity contribution >= 4 is 16.9 Å². The molecule has 1 amide bonds. The highest BCUT2D eigenvalue weighted by Gasteiger charge is 2.10. The topological polar surface area (TPSA) is 59.0 Å². The molecule has 0 atom stereocenters. The van der Waals surface area contributed by atoms with Gasteiger partial charge in [-0.1, -0.05) is 0 Å². The van der Waals surface area contributed by atoms with E-state index < -0.39 is 0 Å². The fourth-order valence-electron chi connectivity index (χ4n) is 1.21. The van der Waals surface area contributed by atoms with Crippen LogP contribution in [0.3, 0.4) is 0 Å². The van der Waals surface area contributed by atoms with Gasteiger partial charge in [0.25, 0.3) is 5.91 Å². The normalized spacial score (nSPS) is 10.3. The largest absolute Gasteiger partial charge is 0.343 e. The molecule has 0 spiro atoms. The number of carbonyl (C=O) groups is 1. The van der Waals surface area contributed by atoms with Crippen LogP contribution in [0.2, 0.25) is 0 Å². The SMILES string of the molecule is CN(C)C(=O)c1cc2nccnc2cn1. The third kappa shape index (κ3) is 1.76. The lowest BCUT2D eigenvalue weighted by molar-refractivity contribution is 0.0822. The third-order valence-corrected chi connectivity index (χ3v) is 1.98. The predicted molar refractivity (Wildman–Crippen MR) is 55.4 cm³/mol. The van der Waals surface area contributed by atoms with Gasteiger partial charge in [0.1, 0.15) is 11.2 Å². The second-order valence-corrected chi connectivity index (χ2v) is 3.31. The zero-order valence-corrected chi connectivity index (χ0v) is 8.51. The van der Waals surface area contributed by atoms with E-state index in [1.54, 1.807) is 38.8 Å². The maximum Gasteiger partial charge on any atom is 0.272 e. The smallest absolute Gasteiger partial charge is 0.272 e. The average molecular weight is 202 g/mol. The lowest BCUT2D eigenvalue weighted by Gasteiger charge is -2.09.